The minimum Gasteiger partial charge on any atom is -0.493 e. The molecule has 5 rings (SSSR count). The maximum absolute atomic E-state index is 8.58. The fourth-order valence-electron chi connectivity index (χ4n) is 5.37. The van der Waals surface area contributed by atoms with Gasteiger partial charge in [0.05, 0.1) is 6.61 Å². The summed E-state index contributed by atoms with van der Waals surface area (Å²) in [5.74, 6) is 3.72. The monoisotopic (exact) mass is 560 g/mol. The SMILES string of the molecule is CC(C)COc1ccc(C2CC(c3ccc4c(c3)OCCO4)CN2)cc1.CCc1cc(C)cc(CC)c1C.NC=O. The highest BCUT2D eigenvalue weighted by Crippen LogP contribution is 2.38. The third-order valence-corrected chi connectivity index (χ3v) is 7.56. The largest absolute Gasteiger partial charge is 0.493 e. The van der Waals surface area contributed by atoms with Crippen LogP contribution in [-0.4, -0.2) is 32.8 Å². The lowest BCUT2D eigenvalue weighted by molar-refractivity contribution is -0.106. The van der Waals surface area contributed by atoms with E-state index in [9.17, 15) is 0 Å². The Morgan fingerprint density at radius 2 is 1.51 bits per heavy atom. The van der Waals surface area contributed by atoms with Crippen LogP contribution in [0.25, 0.3) is 0 Å². The van der Waals surface area contributed by atoms with E-state index >= 15 is 0 Å². The number of hydrogen-bond donors (Lipinski definition) is 2. The molecule has 1 saturated heterocycles. The van der Waals surface area contributed by atoms with Gasteiger partial charge in [-0.2, -0.15) is 0 Å². The Kier molecular flexibility index (Phi) is 12.5. The molecule has 2 unspecified atom stereocenters. The Balaban J connectivity index is 0.000000258. The maximum atomic E-state index is 8.58. The van der Waals surface area contributed by atoms with E-state index in [-0.39, 0.29) is 6.41 Å². The second-order valence-corrected chi connectivity index (χ2v) is 11.1. The molecule has 2 aliphatic heterocycles. The molecule has 3 aromatic carbocycles. The molecule has 2 atom stereocenters. The summed E-state index contributed by atoms with van der Waals surface area (Å²) in [5, 5.41) is 3.66. The van der Waals surface area contributed by atoms with Crippen LogP contribution in [-0.2, 0) is 17.6 Å². The van der Waals surface area contributed by atoms with Crippen LogP contribution in [0.4, 0.5) is 0 Å². The summed E-state index contributed by atoms with van der Waals surface area (Å²) >= 11 is 0. The number of primary amides is 1. The first kappa shape index (κ1) is 32.0. The summed E-state index contributed by atoms with van der Waals surface area (Å²) in [6, 6.07) is 19.9. The molecule has 6 heteroatoms. The fourth-order valence-corrected chi connectivity index (χ4v) is 5.37. The van der Waals surface area contributed by atoms with Crippen LogP contribution in [0.2, 0.25) is 0 Å². The molecule has 1 amide bonds. The third kappa shape index (κ3) is 9.25. The number of amides is 1. The van der Waals surface area contributed by atoms with Gasteiger partial charge < -0.3 is 25.3 Å². The molecule has 0 aromatic heterocycles. The zero-order chi connectivity index (χ0) is 29.8. The summed E-state index contributed by atoms with van der Waals surface area (Å²) in [5.41, 5.74) is 12.7. The van der Waals surface area contributed by atoms with Gasteiger partial charge >= 0.3 is 0 Å². The number of fused-ring (bicyclic) bond motifs is 1. The number of nitrogens with two attached hydrogens (primary N) is 1. The lowest BCUT2D eigenvalue weighted by Gasteiger charge is -2.20. The molecule has 0 spiro atoms. The lowest BCUT2D eigenvalue weighted by Crippen LogP contribution is -2.16. The quantitative estimate of drug-likeness (QED) is 0.309. The highest BCUT2D eigenvalue weighted by molar-refractivity contribution is 5.45. The van der Waals surface area contributed by atoms with E-state index in [1.165, 1.54) is 33.4 Å². The Hall–Kier alpha value is -3.51. The van der Waals surface area contributed by atoms with Gasteiger partial charge in [0.1, 0.15) is 19.0 Å². The van der Waals surface area contributed by atoms with Crippen molar-refractivity contribution in [3.05, 3.63) is 88.0 Å². The average Bonchev–Trinajstić information content (AvgIpc) is 3.48. The summed E-state index contributed by atoms with van der Waals surface area (Å²) in [4.78, 5) is 8.58. The molecule has 222 valence electrons. The number of carbonyl (C=O) groups excluding carboxylic acids is 1. The van der Waals surface area contributed by atoms with E-state index in [4.69, 9.17) is 19.0 Å². The van der Waals surface area contributed by atoms with Crippen molar-refractivity contribution in [3.8, 4) is 17.2 Å². The number of aryl methyl sites for hydroxylation is 3. The van der Waals surface area contributed by atoms with E-state index in [0.717, 1.165) is 49.7 Å². The van der Waals surface area contributed by atoms with Crippen molar-refractivity contribution in [3.63, 3.8) is 0 Å². The van der Waals surface area contributed by atoms with Gasteiger partial charge in [0.25, 0.3) is 0 Å². The highest BCUT2D eigenvalue weighted by atomic mass is 16.6. The summed E-state index contributed by atoms with van der Waals surface area (Å²) < 4.78 is 17.1. The Bertz CT molecular complexity index is 1210. The molecule has 3 aromatic rings. The molecular weight excluding hydrogens is 512 g/mol. The van der Waals surface area contributed by atoms with E-state index in [2.05, 4.69) is 101 Å². The maximum Gasteiger partial charge on any atom is 0.204 e. The first-order valence-electron chi connectivity index (χ1n) is 14.9. The van der Waals surface area contributed by atoms with Crippen LogP contribution in [0.3, 0.4) is 0 Å². The predicted octanol–water partition coefficient (Wildman–Crippen LogP) is 6.84. The predicted molar refractivity (Wildman–Crippen MR) is 167 cm³/mol. The zero-order valence-corrected chi connectivity index (χ0v) is 25.7. The van der Waals surface area contributed by atoms with E-state index < -0.39 is 0 Å². The minimum atomic E-state index is 0.250. The van der Waals surface area contributed by atoms with Crippen molar-refractivity contribution < 1.29 is 19.0 Å². The third-order valence-electron chi connectivity index (χ3n) is 7.56. The lowest BCUT2D eigenvalue weighted by atomic mass is 9.93. The second-order valence-electron chi connectivity index (χ2n) is 11.1. The molecular formula is C35H48N2O4. The van der Waals surface area contributed by atoms with Crippen LogP contribution < -0.4 is 25.3 Å². The number of rotatable bonds is 7. The Morgan fingerprint density at radius 1 is 0.927 bits per heavy atom. The highest BCUT2D eigenvalue weighted by Gasteiger charge is 2.27. The Labute approximate surface area is 246 Å². The van der Waals surface area contributed by atoms with E-state index in [1.807, 2.05) is 6.07 Å². The van der Waals surface area contributed by atoms with Gasteiger partial charge in [-0.25, -0.2) is 0 Å². The van der Waals surface area contributed by atoms with Crippen LogP contribution in [0, 0.1) is 19.8 Å². The first-order valence-corrected chi connectivity index (χ1v) is 14.9. The number of hydrogen-bond acceptors (Lipinski definition) is 5. The van der Waals surface area contributed by atoms with Gasteiger partial charge in [0.2, 0.25) is 6.41 Å². The zero-order valence-electron chi connectivity index (χ0n) is 25.7. The molecule has 2 aliphatic rings. The number of benzene rings is 3. The summed E-state index contributed by atoms with van der Waals surface area (Å²) in [6.45, 7) is 16.2. The minimum absolute atomic E-state index is 0.250. The average molecular weight is 561 g/mol. The standard InChI is InChI=1S/C22H27NO3.C12H18.CH3NO/c1-15(2)14-26-19-6-3-16(4-7-19)20-11-18(13-23-20)17-5-8-21-22(12-17)25-10-9-24-21;1-5-11-7-9(3)8-12(6-2)10(11)4;2-1-3/h3-8,12,15,18,20,23H,9-11,13-14H2,1-2H3;7-8H,5-6H2,1-4H3;1H,(H2,2,3). The molecule has 41 heavy (non-hydrogen) atoms. The topological polar surface area (TPSA) is 82.8 Å². The number of ether oxygens (including phenoxy) is 3. The molecule has 0 aliphatic carbocycles. The molecule has 6 nitrogen and oxygen atoms in total. The van der Waals surface area contributed by atoms with Crippen LogP contribution >= 0.6 is 0 Å². The van der Waals surface area contributed by atoms with Gasteiger partial charge in [0.15, 0.2) is 11.5 Å². The molecule has 0 radical (unpaired) electrons. The van der Waals surface area contributed by atoms with Gasteiger partial charge in [0, 0.05) is 12.6 Å². The normalized spacial score (nSPS) is 17.1. The van der Waals surface area contributed by atoms with Crippen LogP contribution in [0.15, 0.2) is 54.6 Å². The van der Waals surface area contributed by atoms with Crippen LogP contribution in [0.1, 0.15) is 79.5 Å². The summed E-state index contributed by atoms with van der Waals surface area (Å²) in [7, 11) is 0. The molecule has 0 bridgehead atoms. The number of carbonyl (C=O) groups is 1. The van der Waals surface area contributed by atoms with E-state index in [1.54, 1.807) is 0 Å². The van der Waals surface area contributed by atoms with E-state index in [0.29, 0.717) is 31.1 Å². The molecule has 0 saturated carbocycles. The molecule has 2 heterocycles. The van der Waals surface area contributed by atoms with Gasteiger partial charge in [-0.05, 0) is 97.0 Å². The fraction of sp³-hybridized carbons (Fsp3) is 0.457. The van der Waals surface area contributed by atoms with Crippen molar-refractivity contribution >= 4 is 6.41 Å². The van der Waals surface area contributed by atoms with Gasteiger partial charge in [-0.1, -0.05) is 63.6 Å². The first-order chi connectivity index (χ1) is 19.8. The van der Waals surface area contributed by atoms with Crippen molar-refractivity contribution in [2.24, 2.45) is 11.7 Å². The smallest absolute Gasteiger partial charge is 0.204 e. The van der Waals surface area contributed by atoms with Gasteiger partial charge in [-0.3, -0.25) is 4.79 Å². The second kappa shape index (κ2) is 16.1. The van der Waals surface area contributed by atoms with Crippen molar-refractivity contribution in [2.75, 3.05) is 26.4 Å². The van der Waals surface area contributed by atoms with Crippen molar-refractivity contribution in [2.45, 2.75) is 72.8 Å². The van der Waals surface area contributed by atoms with Gasteiger partial charge in [-0.15, -0.1) is 0 Å². The molecule has 3 N–H and O–H groups in total. The van der Waals surface area contributed by atoms with Crippen LogP contribution in [0.5, 0.6) is 17.2 Å². The number of nitrogens with one attached hydrogen (secondary N) is 1. The van der Waals surface area contributed by atoms with Crippen molar-refractivity contribution in [1.82, 2.24) is 5.32 Å². The molecule has 1 fully saturated rings. The Morgan fingerprint density at radius 3 is 2.10 bits per heavy atom. The summed E-state index contributed by atoms with van der Waals surface area (Å²) in [6.07, 6.45) is 3.65. The van der Waals surface area contributed by atoms with Crippen molar-refractivity contribution in [1.29, 1.82) is 0 Å².